The monoisotopic (exact) mass is 265 g/mol. The number of hydrogen-bond donors (Lipinski definition) is 0. The van der Waals surface area contributed by atoms with E-state index in [0.717, 1.165) is 0 Å². The number of rotatable bonds is 6. The highest BCUT2D eigenvalue weighted by Crippen LogP contribution is 2.17. The van der Waals surface area contributed by atoms with E-state index in [1.165, 1.54) is 24.3 Å². The van der Waals surface area contributed by atoms with Crippen LogP contribution in [0.4, 0.5) is 5.69 Å². The molecule has 1 aromatic rings. The summed E-state index contributed by atoms with van der Waals surface area (Å²) in [5.74, 6) is -1.17. The van der Waals surface area contributed by atoms with Gasteiger partial charge in [0, 0.05) is 23.6 Å². The maximum atomic E-state index is 12.0. The zero-order valence-corrected chi connectivity index (χ0v) is 10.8. The van der Waals surface area contributed by atoms with E-state index in [-0.39, 0.29) is 24.5 Å². The number of carbonyl (C=O) groups is 2. The van der Waals surface area contributed by atoms with Crippen molar-refractivity contribution in [3.8, 4) is 0 Å². The van der Waals surface area contributed by atoms with E-state index in [9.17, 15) is 19.7 Å². The molecule has 1 aromatic carbocycles. The fourth-order valence-electron chi connectivity index (χ4n) is 1.59. The van der Waals surface area contributed by atoms with Crippen molar-refractivity contribution >= 4 is 17.4 Å². The maximum absolute atomic E-state index is 12.0. The molecule has 19 heavy (non-hydrogen) atoms. The van der Waals surface area contributed by atoms with E-state index < -0.39 is 16.8 Å². The second-order valence-electron chi connectivity index (χ2n) is 4.08. The number of nitro benzene ring substituents is 1. The van der Waals surface area contributed by atoms with Gasteiger partial charge in [0.05, 0.1) is 18.0 Å². The molecule has 0 aliphatic rings. The minimum absolute atomic E-state index is 0.00363. The molecule has 0 saturated heterocycles. The average molecular weight is 265 g/mol. The SMILES string of the molecule is CCOC(=O)CC(C)C(=O)c1ccc([N+](=O)[O-])cc1. The van der Waals surface area contributed by atoms with E-state index in [0.29, 0.717) is 5.56 Å². The lowest BCUT2D eigenvalue weighted by Gasteiger charge is -2.09. The van der Waals surface area contributed by atoms with Crippen LogP contribution >= 0.6 is 0 Å². The lowest BCUT2D eigenvalue weighted by molar-refractivity contribution is -0.384. The Balaban J connectivity index is 2.71. The molecule has 0 radical (unpaired) electrons. The second-order valence-corrected chi connectivity index (χ2v) is 4.08. The van der Waals surface area contributed by atoms with Crippen molar-refractivity contribution in [3.05, 3.63) is 39.9 Å². The van der Waals surface area contributed by atoms with Gasteiger partial charge in [-0.3, -0.25) is 19.7 Å². The molecule has 1 rings (SSSR count). The normalized spacial score (nSPS) is 11.7. The van der Waals surface area contributed by atoms with Crippen LogP contribution < -0.4 is 0 Å². The van der Waals surface area contributed by atoms with Gasteiger partial charge in [0.25, 0.3) is 5.69 Å². The molecule has 6 heteroatoms. The highest BCUT2D eigenvalue weighted by molar-refractivity contribution is 5.99. The summed E-state index contributed by atoms with van der Waals surface area (Å²) in [6, 6.07) is 5.32. The van der Waals surface area contributed by atoms with E-state index in [1.807, 2.05) is 0 Å². The number of ether oxygens (including phenoxy) is 1. The average Bonchev–Trinajstić information content (AvgIpc) is 2.38. The van der Waals surface area contributed by atoms with Crippen LogP contribution in [0.15, 0.2) is 24.3 Å². The van der Waals surface area contributed by atoms with Crippen LogP contribution in [0.3, 0.4) is 0 Å². The van der Waals surface area contributed by atoms with Gasteiger partial charge in [-0.1, -0.05) is 6.92 Å². The van der Waals surface area contributed by atoms with Gasteiger partial charge >= 0.3 is 5.97 Å². The van der Waals surface area contributed by atoms with Crippen molar-refractivity contribution in [1.29, 1.82) is 0 Å². The summed E-state index contributed by atoms with van der Waals surface area (Å²) in [5, 5.41) is 10.5. The molecule has 0 aromatic heterocycles. The summed E-state index contributed by atoms with van der Waals surface area (Å²) >= 11 is 0. The first-order valence-electron chi connectivity index (χ1n) is 5.90. The molecule has 0 fully saturated rings. The van der Waals surface area contributed by atoms with E-state index in [4.69, 9.17) is 4.74 Å². The van der Waals surface area contributed by atoms with Crippen LogP contribution in [-0.4, -0.2) is 23.3 Å². The Bertz CT molecular complexity index is 480. The largest absolute Gasteiger partial charge is 0.466 e. The molecule has 102 valence electrons. The lowest BCUT2D eigenvalue weighted by Crippen LogP contribution is -2.17. The van der Waals surface area contributed by atoms with Gasteiger partial charge in [-0.15, -0.1) is 0 Å². The van der Waals surface area contributed by atoms with E-state index in [1.54, 1.807) is 13.8 Å². The summed E-state index contributed by atoms with van der Waals surface area (Å²) in [5.41, 5.74) is 0.275. The number of esters is 1. The third-order valence-electron chi connectivity index (χ3n) is 2.59. The molecule has 0 aliphatic carbocycles. The topological polar surface area (TPSA) is 86.5 Å². The molecular weight excluding hydrogens is 250 g/mol. The van der Waals surface area contributed by atoms with Crippen LogP contribution in [0, 0.1) is 16.0 Å². The standard InChI is InChI=1S/C13H15NO5/c1-3-19-12(15)8-9(2)13(16)10-4-6-11(7-5-10)14(17)18/h4-7,9H,3,8H2,1-2H3. The quantitative estimate of drug-likeness (QED) is 0.341. The first-order chi connectivity index (χ1) is 8.95. The van der Waals surface area contributed by atoms with Crippen molar-refractivity contribution in [2.75, 3.05) is 6.61 Å². The van der Waals surface area contributed by atoms with Crippen molar-refractivity contribution in [2.24, 2.45) is 5.92 Å². The highest BCUT2D eigenvalue weighted by atomic mass is 16.6. The van der Waals surface area contributed by atoms with E-state index in [2.05, 4.69) is 0 Å². The van der Waals surface area contributed by atoms with Crippen LogP contribution in [0.1, 0.15) is 30.6 Å². The first kappa shape index (κ1) is 14.8. The fourth-order valence-corrected chi connectivity index (χ4v) is 1.59. The van der Waals surface area contributed by atoms with Crippen molar-refractivity contribution in [1.82, 2.24) is 0 Å². The number of nitrogens with zero attached hydrogens (tertiary/aromatic N) is 1. The number of non-ortho nitro benzene ring substituents is 1. The Kier molecular flexibility index (Phi) is 5.17. The van der Waals surface area contributed by atoms with Gasteiger partial charge < -0.3 is 4.74 Å². The molecule has 0 aliphatic heterocycles. The summed E-state index contributed by atoms with van der Waals surface area (Å²) < 4.78 is 4.77. The van der Waals surface area contributed by atoms with Gasteiger partial charge in [0.15, 0.2) is 5.78 Å². The second kappa shape index (κ2) is 6.63. The Morgan fingerprint density at radius 1 is 1.32 bits per heavy atom. The Labute approximate surface area is 110 Å². The minimum Gasteiger partial charge on any atom is -0.466 e. The number of carbonyl (C=O) groups excluding carboxylic acids is 2. The van der Waals surface area contributed by atoms with Gasteiger partial charge in [-0.05, 0) is 19.1 Å². The maximum Gasteiger partial charge on any atom is 0.306 e. The van der Waals surface area contributed by atoms with Gasteiger partial charge in [0.2, 0.25) is 0 Å². The van der Waals surface area contributed by atoms with Gasteiger partial charge in [-0.25, -0.2) is 0 Å². The number of nitro groups is 1. The first-order valence-corrected chi connectivity index (χ1v) is 5.90. The third-order valence-corrected chi connectivity index (χ3v) is 2.59. The molecule has 0 N–H and O–H groups in total. The molecule has 0 heterocycles. The molecule has 6 nitrogen and oxygen atoms in total. The molecule has 0 bridgehead atoms. The highest BCUT2D eigenvalue weighted by Gasteiger charge is 2.19. The molecular formula is C13H15NO5. The smallest absolute Gasteiger partial charge is 0.306 e. The Hall–Kier alpha value is -2.24. The van der Waals surface area contributed by atoms with E-state index >= 15 is 0 Å². The molecule has 0 amide bonds. The number of Topliss-reactive ketones (excluding diaryl/α,β-unsaturated/α-hetero) is 1. The zero-order valence-electron chi connectivity index (χ0n) is 10.8. The molecule has 1 atom stereocenters. The summed E-state index contributed by atoms with van der Waals surface area (Å²) in [4.78, 5) is 33.2. The number of ketones is 1. The van der Waals surface area contributed by atoms with Crippen molar-refractivity contribution in [3.63, 3.8) is 0 Å². The van der Waals surface area contributed by atoms with Crippen LogP contribution in [0.5, 0.6) is 0 Å². The number of benzene rings is 1. The molecule has 0 saturated carbocycles. The minimum atomic E-state index is -0.531. The predicted molar refractivity (Wildman–Crippen MR) is 67.8 cm³/mol. The molecule has 1 unspecified atom stereocenters. The summed E-state index contributed by atoms with van der Waals surface area (Å²) in [6.07, 6.45) is 0.00363. The van der Waals surface area contributed by atoms with Crippen molar-refractivity contribution < 1.29 is 19.2 Å². The number of hydrogen-bond acceptors (Lipinski definition) is 5. The Morgan fingerprint density at radius 3 is 2.37 bits per heavy atom. The van der Waals surface area contributed by atoms with Crippen molar-refractivity contribution in [2.45, 2.75) is 20.3 Å². The zero-order chi connectivity index (χ0) is 14.4. The predicted octanol–water partition coefficient (Wildman–Crippen LogP) is 2.37. The molecule has 0 spiro atoms. The van der Waals surface area contributed by atoms with Crippen LogP contribution in [0.25, 0.3) is 0 Å². The summed E-state index contributed by atoms with van der Waals surface area (Å²) in [6.45, 7) is 3.60. The van der Waals surface area contributed by atoms with Crippen LogP contribution in [0.2, 0.25) is 0 Å². The lowest BCUT2D eigenvalue weighted by atomic mass is 9.96. The fraction of sp³-hybridized carbons (Fsp3) is 0.385. The van der Waals surface area contributed by atoms with Gasteiger partial charge in [-0.2, -0.15) is 0 Å². The van der Waals surface area contributed by atoms with Gasteiger partial charge in [0.1, 0.15) is 0 Å². The summed E-state index contributed by atoms with van der Waals surface area (Å²) in [7, 11) is 0. The van der Waals surface area contributed by atoms with Crippen LogP contribution in [-0.2, 0) is 9.53 Å². The third kappa shape index (κ3) is 4.17. The Morgan fingerprint density at radius 2 is 1.89 bits per heavy atom.